The maximum atomic E-state index is 14.3. The molecule has 0 aliphatic carbocycles. The lowest BCUT2D eigenvalue weighted by Crippen LogP contribution is -2.13. The maximum Gasteiger partial charge on any atom is 0.299 e. The lowest BCUT2D eigenvalue weighted by molar-refractivity contribution is 0.00574. The molecule has 0 spiro atoms. The van der Waals surface area contributed by atoms with E-state index in [-0.39, 0.29) is 12.0 Å². The van der Waals surface area contributed by atoms with Crippen LogP contribution in [-0.2, 0) is 4.74 Å². The first-order valence-corrected chi connectivity index (χ1v) is 8.92. The van der Waals surface area contributed by atoms with Gasteiger partial charge in [0.05, 0.1) is 25.4 Å². The van der Waals surface area contributed by atoms with Crippen LogP contribution in [0.4, 0.5) is 4.39 Å². The van der Waals surface area contributed by atoms with Crippen LogP contribution >= 0.6 is 0 Å². The number of aryl methyl sites for hydroxylation is 1. The van der Waals surface area contributed by atoms with E-state index in [0.29, 0.717) is 29.4 Å². The molecule has 1 unspecified atom stereocenters. The molecule has 1 aromatic carbocycles. The number of fused-ring (bicyclic) bond motifs is 1. The summed E-state index contributed by atoms with van der Waals surface area (Å²) in [7, 11) is 3.02. The molecule has 2 heterocycles. The molecular weight excluding hydrogens is 349 g/mol. The van der Waals surface area contributed by atoms with E-state index in [0.717, 1.165) is 17.5 Å². The molecule has 0 radical (unpaired) electrons. The number of nitrogens with zero attached hydrogens (tertiary/aromatic N) is 3. The van der Waals surface area contributed by atoms with Crippen molar-refractivity contribution in [2.75, 3.05) is 20.8 Å². The summed E-state index contributed by atoms with van der Waals surface area (Å²) in [6.07, 6.45) is 2.23. The summed E-state index contributed by atoms with van der Waals surface area (Å²) in [5, 5.41) is 0. The second-order valence-electron chi connectivity index (χ2n) is 6.12. The van der Waals surface area contributed by atoms with Crippen molar-refractivity contribution in [1.29, 1.82) is 0 Å². The minimum absolute atomic E-state index is 0.203. The van der Waals surface area contributed by atoms with Gasteiger partial charge in [-0.1, -0.05) is 6.92 Å². The van der Waals surface area contributed by atoms with Gasteiger partial charge in [0.25, 0.3) is 6.01 Å². The number of halogens is 1. The number of methoxy groups -OCH3 is 2. The second kappa shape index (κ2) is 7.92. The summed E-state index contributed by atoms with van der Waals surface area (Å²) >= 11 is 0. The Bertz CT molecular complexity index is 955. The Labute approximate surface area is 157 Å². The largest absolute Gasteiger partial charge is 0.494 e. The van der Waals surface area contributed by atoms with Crippen molar-refractivity contribution in [1.82, 2.24) is 14.5 Å². The van der Waals surface area contributed by atoms with Gasteiger partial charge in [-0.3, -0.25) is 9.55 Å². The fourth-order valence-corrected chi connectivity index (χ4v) is 3.25. The highest BCUT2D eigenvalue weighted by Crippen LogP contribution is 2.35. The molecule has 3 aromatic rings. The Kier molecular flexibility index (Phi) is 5.60. The van der Waals surface area contributed by atoms with E-state index >= 15 is 0 Å². The van der Waals surface area contributed by atoms with Crippen molar-refractivity contribution in [3.63, 3.8) is 0 Å². The zero-order valence-corrected chi connectivity index (χ0v) is 16.2. The quantitative estimate of drug-likeness (QED) is 0.610. The zero-order chi connectivity index (χ0) is 19.6. The molecule has 0 amide bonds. The van der Waals surface area contributed by atoms with Crippen LogP contribution in [0, 0.1) is 12.7 Å². The van der Waals surface area contributed by atoms with Crippen molar-refractivity contribution in [3.05, 3.63) is 35.8 Å². The topological polar surface area (TPSA) is 58.4 Å². The minimum atomic E-state index is -0.441. The molecule has 0 saturated carbocycles. The lowest BCUT2D eigenvalue weighted by atomic mass is 10.0. The monoisotopic (exact) mass is 373 g/mol. The summed E-state index contributed by atoms with van der Waals surface area (Å²) in [5.74, 6) is -0.238. The number of aromatic nitrogens is 3. The Balaban J connectivity index is 2.25. The molecular formula is C20H24FN3O3. The van der Waals surface area contributed by atoms with Crippen molar-refractivity contribution >= 4 is 11.0 Å². The van der Waals surface area contributed by atoms with Crippen LogP contribution in [0.25, 0.3) is 22.3 Å². The third-order valence-corrected chi connectivity index (χ3v) is 4.51. The molecule has 0 saturated heterocycles. The van der Waals surface area contributed by atoms with E-state index in [2.05, 4.69) is 9.97 Å². The van der Waals surface area contributed by atoms with Gasteiger partial charge in [-0.15, -0.1) is 0 Å². The number of hydrogen-bond acceptors (Lipinski definition) is 5. The summed E-state index contributed by atoms with van der Waals surface area (Å²) in [5.41, 5.74) is 3.57. The standard InChI is InChI=1S/C20H24FN3O3/c1-6-17(27-7-2)24-15-8-9-22-18(19(15)23-20(24)26-5)13-11-14(21)16(25-4)10-12(13)3/h8-11,17H,6-7H2,1-5H3. The van der Waals surface area contributed by atoms with Gasteiger partial charge in [0.15, 0.2) is 11.6 Å². The summed E-state index contributed by atoms with van der Waals surface area (Å²) in [6.45, 7) is 6.45. The van der Waals surface area contributed by atoms with Gasteiger partial charge >= 0.3 is 0 Å². The first kappa shape index (κ1) is 19.1. The Hall–Kier alpha value is -2.67. The number of benzene rings is 1. The van der Waals surface area contributed by atoms with Crippen molar-refractivity contribution < 1.29 is 18.6 Å². The van der Waals surface area contributed by atoms with Crippen molar-refractivity contribution in [2.24, 2.45) is 0 Å². The van der Waals surface area contributed by atoms with E-state index in [1.807, 2.05) is 31.4 Å². The number of rotatable bonds is 7. The molecule has 0 bridgehead atoms. The van der Waals surface area contributed by atoms with Gasteiger partial charge in [-0.05, 0) is 44.0 Å². The molecule has 0 fully saturated rings. The smallest absolute Gasteiger partial charge is 0.299 e. The number of hydrogen-bond donors (Lipinski definition) is 0. The highest BCUT2D eigenvalue weighted by molar-refractivity contribution is 5.91. The van der Waals surface area contributed by atoms with Gasteiger partial charge < -0.3 is 14.2 Å². The average molecular weight is 373 g/mol. The van der Waals surface area contributed by atoms with Crippen LogP contribution in [0.3, 0.4) is 0 Å². The molecule has 3 rings (SSSR count). The maximum absolute atomic E-state index is 14.3. The van der Waals surface area contributed by atoms with Crippen LogP contribution in [0.1, 0.15) is 32.1 Å². The van der Waals surface area contributed by atoms with Crippen molar-refractivity contribution in [3.8, 4) is 23.0 Å². The summed E-state index contributed by atoms with van der Waals surface area (Å²) in [6, 6.07) is 5.40. The van der Waals surface area contributed by atoms with Crippen LogP contribution in [0.15, 0.2) is 24.4 Å². The summed E-state index contributed by atoms with van der Waals surface area (Å²) in [4.78, 5) is 9.09. The van der Waals surface area contributed by atoms with Crippen LogP contribution in [0.2, 0.25) is 0 Å². The highest BCUT2D eigenvalue weighted by Gasteiger charge is 2.22. The SMILES string of the molecule is CCOC(CC)n1c(OC)nc2c(-c3cc(F)c(OC)cc3C)nccc21. The molecule has 27 heavy (non-hydrogen) atoms. The summed E-state index contributed by atoms with van der Waals surface area (Å²) < 4.78 is 32.7. The first-order chi connectivity index (χ1) is 13.0. The third-order valence-electron chi connectivity index (χ3n) is 4.51. The predicted molar refractivity (Wildman–Crippen MR) is 102 cm³/mol. The van der Waals surface area contributed by atoms with E-state index in [9.17, 15) is 4.39 Å². The predicted octanol–water partition coefficient (Wildman–Crippen LogP) is 4.51. The van der Waals surface area contributed by atoms with Gasteiger partial charge in [-0.2, -0.15) is 4.98 Å². The Morgan fingerprint density at radius 2 is 1.96 bits per heavy atom. The van der Waals surface area contributed by atoms with Gasteiger partial charge in [-0.25, -0.2) is 4.39 Å². The van der Waals surface area contributed by atoms with Gasteiger partial charge in [0, 0.05) is 18.4 Å². The Morgan fingerprint density at radius 3 is 2.59 bits per heavy atom. The van der Waals surface area contributed by atoms with Crippen LogP contribution < -0.4 is 9.47 Å². The van der Waals surface area contributed by atoms with Gasteiger partial charge in [0.2, 0.25) is 0 Å². The fraction of sp³-hybridized carbons (Fsp3) is 0.400. The first-order valence-electron chi connectivity index (χ1n) is 8.92. The lowest BCUT2D eigenvalue weighted by Gasteiger charge is -2.19. The molecule has 6 nitrogen and oxygen atoms in total. The van der Waals surface area contributed by atoms with Crippen molar-refractivity contribution in [2.45, 2.75) is 33.4 Å². The zero-order valence-electron chi connectivity index (χ0n) is 16.2. The van der Waals surface area contributed by atoms with Crippen LogP contribution in [-0.4, -0.2) is 35.4 Å². The number of pyridine rings is 1. The normalized spacial score (nSPS) is 12.4. The van der Waals surface area contributed by atoms with E-state index in [1.165, 1.54) is 13.2 Å². The third kappa shape index (κ3) is 3.35. The van der Waals surface area contributed by atoms with E-state index in [4.69, 9.17) is 14.2 Å². The Morgan fingerprint density at radius 1 is 1.19 bits per heavy atom. The van der Waals surface area contributed by atoms with Crippen LogP contribution in [0.5, 0.6) is 11.8 Å². The minimum Gasteiger partial charge on any atom is -0.494 e. The van der Waals surface area contributed by atoms with E-state index in [1.54, 1.807) is 19.4 Å². The van der Waals surface area contributed by atoms with Gasteiger partial charge in [0.1, 0.15) is 11.7 Å². The molecule has 144 valence electrons. The molecule has 0 N–H and O–H groups in total. The molecule has 0 aliphatic rings. The molecule has 0 aliphatic heterocycles. The number of ether oxygens (including phenoxy) is 3. The fourth-order valence-electron chi connectivity index (χ4n) is 3.25. The molecule has 7 heteroatoms. The highest BCUT2D eigenvalue weighted by atomic mass is 19.1. The second-order valence-corrected chi connectivity index (χ2v) is 6.12. The molecule has 2 aromatic heterocycles. The average Bonchev–Trinajstić information content (AvgIpc) is 3.06. The van der Waals surface area contributed by atoms with E-state index < -0.39 is 5.82 Å². The molecule has 1 atom stereocenters. The number of imidazole rings is 1.